The third-order valence-corrected chi connectivity index (χ3v) is 7.89. The second kappa shape index (κ2) is 11.0. The number of hydrogen-bond acceptors (Lipinski definition) is 4. The van der Waals surface area contributed by atoms with Gasteiger partial charge in [-0.05, 0) is 73.5 Å². The molecule has 3 aromatic carbocycles. The van der Waals surface area contributed by atoms with Gasteiger partial charge < -0.3 is 5.32 Å². The molecule has 4 rings (SSSR count). The van der Waals surface area contributed by atoms with Gasteiger partial charge in [-0.2, -0.15) is 0 Å². The number of rotatable bonds is 9. The van der Waals surface area contributed by atoms with Crippen LogP contribution in [-0.4, -0.2) is 38.9 Å². The molecule has 0 radical (unpaired) electrons. The number of nitrogens with zero attached hydrogens (tertiary/aromatic N) is 2. The van der Waals surface area contributed by atoms with Gasteiger partial charge in [0.25, 0.3) is 10.0 Å². The van der Waals surface area contributed by atoms with Crippen LogP contribution in [0.3, 0.4) is 0 Å². The van der Waals surface area contributed by atoms with Crippen molar-refractivity contribution in [2.24, 2.45) is 0 Å². The summed E-state index contributed by atoms with van der Waals surface area (Å²) in [6, 6.07) is 22.7. The molecule has 1 amide bonds. The summed E-state index contributed by atoms with van der Waals surface area (Å²) in [5.41, 5.74) is 2.63. The molecule has 0 spiro atoms. The van der Waals surface area contributed by atoms with Gasteiger partial charge in [-0.25, -0.2) is 8.42 Å². The molecular weight excluding hydrogens is 470 g/mol. The van der Waals surface area contributed by atoms with Crippen molar-refractivity contribution in [3.05, 3.63) is 95.0 Å². The first-order valence-electron chi connectivity index (χ1n) is 11.3. The van der Waals surface area contributed by atoms with Crippen molar-refractivity contribution >= 4 is 33.2 Å². The molecule has 0 aliphatic carbocycles. The minimum Gasteiger partial charge on any atom is -0.350 e. The number of benzene rings is 3. The van der Waals surface area contributed by atoms with Gasteiger partial charge in [-0.1, -0.05) is 54.1 Å². The summed E-state index contributed by atoms with van der Waals surface area (Å²) in [5, 5.41) is 3.29. The van der Waals surface area contributed by atoms with Crippen LogP contribution in [0.5, 0.6) is 0 Å². The highest BCUT2D eigenvalue weighted by molar-refractivity contribution is 7.92. The van der Waals surface area contributed by atoms with Crippen molar-refractivity contribution in [3.8, 4) is 0 Å². The van der Waals surface area contributed by atoms with E-state index in [0.717, 1.165) is 29.5 Å². The van der Waals surface area contributed by atoms with Gasteiger partial charge in [-0.15, -0.1) is 0 Å². The van der Waals surface area contributed by atoms with Gasteiger partial charge in [0.1, 0.15) is 6.54 Å². The minimum atomic E-state index is -3.96. The van der Waals surface area contributed by atoms with E-state index in [1.54, 1.807) is 30.3 Å². The lowest BCUT2D eigenvalue weighted by Gasteiger charge is -2.24. The monoisotopic (exact) mass is 497 g/mol. The Bertz CT molecular complexity index is 1190. The molecular formula is C26H28ClN3O3S. The number of anilines is 1. The third kappa shape index (κ3) is 6.17. The number of halogens is 1. The molecule has 1 saturated heterocycles. The lowest BCUT2D eigenvalue weighted by Crippen LogP contribution is -2.40. The van der Waals surface area contributed by atoms with E-state index >= 15 is 0 Å². The van der Waals surface area contributed by atoms with Crippen molar-refractivity contribution in [1.82, 2.24) is 10.2 Å². The van der Waals surface area contributed by atoms with Gasteiger partial charge >= 0.3 is 0 Å². The molecule has 178 valence electrons. The van der Waals surface area contributed by atoms with Gasteiger partial charge in [0.15, 0.2) is 0 Å². The SMILES string of the molecule is O=C(CN(c1ccccc1)S(=O)(=O)c1ccc(Cl)cc1)NCc1ccc(CN2CCCC2)cc1. The summed E-state index contributed by atoms with van der Waals surface area (Å²) in [4.78, 5) is 15.3. The maximum absolute atomic E-state index is 13.3. The first-order valence-corrected chi connectivity index (χ1v) is 13.1. The standard InChI is InChI=1S/C26H28ClN3O3S/c27-23-12-14-25(15-13-23)34(32,33)30(24-6-2-1-3-7-24)20-26(31)28-18-21-8-10-22(11-9-21)19-29-16-4-5-17-29/h1-3,6-15H,4-5,16-20H2,(H,28,31). The zero-order valence-corrected chi connectivity index (χ0v) is 20.4. The molecule has 1 aliphatic rings. The van der Waals surface area contributed by atoms with Gasteiger partial charge in [0.2, 0.25) is 5.91 Å². The molecule has 1 aliphatic heterocycles. The lowest BCUT2D eigenvalue weighted by atomic mass is 10.1. The summed E-state index contributed by atoms with van der Waals surface area (Å²) in [7, 11) is -3.96. The van der Waals surface area contributed by atoms with E-state index in [1.165, 1.54) is 42.7 Å². The van der Waals surface area contributed by atoms with E-state index in [4.69, 9.17) is 11.6 Å². The van der Waals surface area contributed by atoms with Crippen LogP contribution in [0.25, 0.3) is 0 Å². The smallest absolute Gasteiger partial charge is 0.264 e. The molecule has 0 bridgehead atoms. The van der Waals surface area contributed by atoms with Crippen LogP contribution in [0.2, 0.25) is 5.02 Å². The number of nitrogens with one attached hydrogen (secondary N) is 1. The van der Waals surface area contributed by atoms with E-state index < -0.39 is 10.0 Å². The van der Waals surface area contributed by atoms with Crippen LogP contribution < -0.4 is 9.62 Å². The number of hydrogen-bond donors (Lipinski definition) is 1. The molecule has 6 nitrogen and oxygen atoms in total. The summed E-state index contributed by atoms with van der Waals surface area (Å²) >= 11 is 5.92. The number of sulfonamides is 1. The molecule has 1 heterocycles. The van der Waals surface area contributed by atoms with Crippen LogP contribution in [0, 0.1) is 0 Å². The first-order chi connectivity index (χ1) is 16.4. The summed E-state index contributed by atoms with van der Waals surface area (Å²) in [6.45, 7) is 3.24. The Labute approximate surface area is 206 Å². The molecule has 34 heavy (non-hydrogen) atoms. The molecule has 0 atom stereocenters. The maximum atomic E-state index is 13.3. The lowest BCUT2D eigenvalue weighted by molar-refractivity contribution is -0.119. The van der Waals surface area contributed by atoms with Crippen molar-refractivity contribution < 1.29 is 13.2 Å². The molecule has 0 aromatic heterocycles. The Kier molecular flexibility index (Phi) is 7.88. The van der Waals surface area contributed by atoms with Crippen molar-refractivity contribution in [1.29, 1.82) is 0 Å². The van der Waals surface area contributed by atoms with Gasteiger partial charge in [0, 0.05) is 18.1 Å². The van der Waals surface area contributed by atoms with Crippen molar-refractivity contribution in [2.45, 2.75) is 30.8 Å². The zero-order valence-electron chi connectivity index (χ0n) is 18.9. The van der Waals surface area contributed by atoms with Crippen LogP contribution in [-0.2, 0) is 27.9 Å². The largest absolute Gasteiger partial charge is 0.350 e. The van der Waals surface area contributed by atoms with Crippen LogP contribution >= 0.6 is 11.6 Å². The first kappa shape index (κ1) is 24.3. The number of carbonyl (C=O) groups is 1. The average molecular weight is 498 g/mol. The Hall–Kier alpha value is -2.87. The molecule has 0 unspecified atom stereocenters. The molecule has 1 fully saturated rings. The Balaban J connectivity index is 1.42. The predicted octanol–water partition coefficient (Wildman–Crippen LogP) is 4.45. The summed E-state index contributed by atoms with van der Waals surface area (Å²) < 4.78 is 27.8. The Morgan fingerprint density at radius 2 is 1.50 bits per heavy atom. The number of likely N-dealkylation sites (tertiary alicyclic amines) is 1. The zero-order chi connectivity index (χ0) is 24.0. The Morgan fingerprint density at radius 1 is 0.882 bits per heavy atom. The highest BCUT2D eigenvalue weighted by atomic mass is 35.5. The molecule has 0 saturated carbocycles. The summed E-state index contributed by atoms with van der Waals surface area (Å²) in [6.07, 6.45) is 2.52. The topological polar surface area (TPSA) is 69.7 Å². The quantitative estimate of drug-likeness (QED) is 0.474. The highest BCUT2D eigenvalue weighted by Gasteiger charge is 2.27. The van der Waals surface area contributed by atoms with Crippen molar-refractivity contribution in [2.75, 3.05) is 23.9 Å². The van der Waals surface area contributed by atoms with Crippen LogP contribution in [0.1, 0.15) is 24.0 Å². The second-order valence-corrected chi connectivity index (χ2v) is 10.7. The fourth-order valence-electron chi connectivity index (χ4n) is 3.99. The summed E-state index contributed by atoms with van der Waals surface area (Å²) in [5.74, 6) is -0.387. The van der Waals surface area contributed by atoms with Crippen molar-refractivity contribution in [3.63, 3.8) is 0 Å². The highest BCUT2D eigenvalue weighted by Crippen LogP contribution is 2.24. The fraction of sp³-hybridized carbons (Fsp3) is 0.269. The Morgan fingerprint density at radius 3 is 2.15 bits per heavy atom. The molecule has 8 heteroatoms. The average Bonchev–Trinajstić information content (AvgIpc) is 3.36. The fourth-order valence-corrected chi connectivity index (χ4v) is 5.54. The second-order valence-electron chi connectivity index (χ2n) is 8.38. The van der Waals surface area contributed by atoms with Crippen LogP contribution in [0.15, 0.2) is 83.8 Å². The van der Waals surface area contributed by atoms with E-state index in [-0.39, 0.29) is 17.3 Å². The minimum absolute atomic E-state index is 0.0714. The predicted molar refractivity (Wildman–Crippen MR) is 135 cm³/mol. The number of para-hydroxylation sites is 1. The number of amides is 1. The van der Waals surface area contributed by atoms with E-state index in [2.05, 4.69) is 22.3 Å². The van der Waals surface area contributed by atoms with Gasteiger partial charge in [0.05, 0.1) is 10.6 Å². The normalized spacial score (nSPS) is 14.1. The van der Waals surface area contributed by atoms with E-state index in [1.807, 2.05) is 12.1 Å². The number of carbonyl (C=O) groups excluding carboxylic acids is 1. The third-order valence-electron chi connectivity index (χ3n) is 5.85. The van der Waals surface area contributed by atoms with E-state index in [9.17, 15) is 13.2 Å². The van der Waals surface area contributed by atoms with Crippen LogP contribution in [0.4, 0.5) is 5.69 Å². The molecule has 1 N–H and O–H groups in total. The van der Waals surface area contributed by atoms with E-state index in [0.29, 0.717) is 17.3 Å². The molecule has 3 aromatic rings. The van der Waals surface area contributed by atoms with Gasteiger partial charge in [-0.3, -0.25) is 14.0 Å². The maximum Gasteiger partial charge on any atom is 0.264 e.